The molecule has 0 saturated heterocycles. The van der Waals surface area contributed by atoms with E-state index in [-0.39, 0.29) is 25.9 Å². The maximum atomic E-state index is 12.9. The van der Waals surface area contributed by atoms with E-state index in [2.05, 4.69) is 118 Å². The minimum Gasteiger partial charge on any atom is -0.462 e. The van der Waals surface area contributed by atoms with E-state index in [4.69, 9.17) is 23.3 Å². The molecule has 74 heavy (non-hydrogen) atoms. The van der Waals surface area contributed by atoms with E-state index in [1.807, 2.05) is 0 Å². The van der Waals surface area contributed by atoms with Crippen LogP contribution in [0.25, 0.3) is 0 Å². The average molecular weight is 1060 g/mol. The van der Waals surface area contributed by atoms with Crippen LogP contribution in [0.3, 0.4) is 0 Å². The molecule has 2 N–H and O–H groups in total. The van der Waals surface area contributed by atoms with E-state index in [1.54, 1.807) is 0 Å². The zero-order chi connectivity index (χ0) is 54.1. The minimum absolute atomic E-state index is 0.119. The van der Waals surface area contributed by atoms with Gasteiger partial charge < -0.3 is 24.2 Å². The van der Waals surface area contributed by atoms with E-state index < -0.39 is 57.8 Å². The number of phosphoric ester groups is 1. The molecule has 3 unspecified atom stereocenters. The highest BCUT2D eigenvalue weighted by Crippen LogP contribution is 2.43. The van der Waals surface area contributed by atoms with Gasteiger partial charge in [0.15, 0.2) is 6.10 Å². The molecule has 3 atom stereocenters. The minimum atomic E-state index is -4.77. The molecule has 0 fully saturated rings. The predicted molar refractivity (Wildman–Crippen MR) is 307 cm³/mol. The van der Waals surface area contributed by atoms with Gasteiger partial charge in [0.2, 0.25) is 0 Å². The van der Waals surface area contributed by atoms with Crippen molar-refractivity contribution in [1.29, 1.82) is 0 Å². The number of allylic oxidation sites excluding steroid dienone is 16. The van der Waals surface area contributed by atoms with Gasteiger partial charge >= 0.3 is 25.7 Å². The monoisotopic (exact) mass is 1060 g/mol. The summed E-state index contributed by atoms with van der Waals surface area (Å²) in [6, 6.07) is 0. The molecule has 11 nitrogen and oxygen atoms in total. The number of carbonyl (C=O) groups excluding carboxylic acids is 3. The molecule has 0 rings (SSSR count). The lowest BCUT2D eigenvalue weighted by atomic mass is 10.1. The highest BCUT2D eigenvalue weighted by atomic mass is 31.2. The molecule has 0 aliphatic heterocycles. The SMILES string of the molecule is CC/C=C\C/C=C\C/C=C\C/C=C\CCCCC(=O)OC(CO)COP(=O)(O)OCC(COC(=O)CCCCC/C=C\C/C=C\C/C=C\CC)OC(=O)CCCCCCCCCCC/C=C\CCCCCCCC. The maximum Gasteiger partial charge on any atom is 0.472 e. The Morgan fingerprint density at radius 3 is 1.14 bits per heavy atom. The van der Waals surface area contributed by atoms with Crippen molar-refractivity contribution < 1.29 is 52.2 Å². The molecular formula is C62H105O11P. The third-order valence-electron chi connectivity index (χ3n) is 12.0. The first-order valence-electron chi connectivity index (χ1n) is 29.1. The molecule has 0 bridgehead atoms. The lowest BCUT2D eigenvalue weighted by Gasteiger charge is -2.21. The first kappa shape index (κ1) is 70.4. The van der Waals surface area contributed by atoms with Gasteiger partial charge in [-0.3, -0.25) is 23.4 Å². The highest BCUT2D eigenvalue weighted by molar-refractivity contribution is 7.47. The summed E-state index contributed by atoms with van der Waals surface area (Å²) in [5.41, 5.74) is 0. The van der Waals surface area contributed by atoms with Crippen molar-refractivity contribution in [2.45, 2.75) is 251 Å². The molecule has 0 aliphatic carbocycles. The van der Waals surface area contributed by atoms with Crippen LogP contribution >= 0.6 is 7.82 Å². The van der Waals surface area contributed by atoms with Gasteiger partial charge in [0.1, 0.15) is 12.7 Å². The van der Waals surface area contributed by atoms with E-state index in [0.717, 1.165) is 96.3 Å². The standard InChI is InChI=1S/C62H105O11P/c1-4-7-10-13-16-19-22-25-27-28-29-30-32-35-38-41-44-47-50-53-62(66)73-59(55-69-60(64)51-48-45-42-39-36-33-24-21-18-15-12-9-6-3)57-71-74(67,68)70-56-58(54-63)72-61(65)52-49-46-43-40-37-34-31-26-23-20-17-14-11-8-5-2/h8-9,11-12,17-18,20-21,25-27,31,33,36-37,40,58-59,63H,4-7,10,13-16,19,22-24,28-30,32,34-35,38-39,41-57H2,1-3H3,(H,67,68)/b11-8-,12-9-,20-17-,21-18-,27-25-,31-26-,36-33-,40-37-. The number of esters is 3. The van der Waals surface area contributed by atoms with Gasteiger partial charge in [-0.1, -0.05) is 201 Å². The van der Waals surface area contributed by atoms with Crippen molar-refractivity contribution in [3.05, 3.63) is 97.2 Å². The molecule has 0 amide bonds. The summed E-state index contributed by atoms with van der Waals surface area (Å²) in [6.45, 7) is 4.33. The first-order chi connectivity index (χ1) is 36.2. The van der Waals surface area contributed by atoms with Gasteiger partial charge in [0.05, 0.1) is 19.8 Å². The van der Waals surface area contributed by atoms with Crippen LogP contribution < -0.4 is 0 Å². The second-order valence-corrected chi connectivity index (χ2v) is 20.5. The zero-order valence-corrected chi connectivity index (χ0v) is 47.7. The fourth-order valence-corrected chi connectivity index (χ4v) is 8.37. The first-order valence-corrected chi connectivity index (χ1v) is 30.6. The average Bonchev–Trinajstić information content (AvgIpc) is 3.39. The van der Waals surface area contributed by atoms with Gasteiger partial charge in [0, 0.05) is 19.3 Å². The van der Waals surface area contributed by atoms with Gasteiger partial charge in [-0.05, 0) is 116 Å². The molecule has 0 aromatic carbocycles. The summed E-state index contributed by atoms with van der Waals surface area (Å²) in [5, 5.41) is 9.81. The molecule has 424 valence electrons. The van der Waals surface area contributed by atoms with E-state index in [1.165, 1.54) is 83.5 Å². The van der Waals surface area contributed by atoms with Crippen molar-refractivity contribution in [3.8, 4) is 0 Å². The summed E-state index contributed by atoms with van der Waals surface area (Å²) in [4.78, 5) is 48.5. The fraction of sp³-hybridized carbons (Fsp3) is 0.694. The van der Waals surface area contributed by atoms with Crippen molar-refractivity contribution >= 4 is 25.7 Å². The van der Waals surface area contributed by atoms with Gasteiger partial charge in [0.25, 0.3) is 0 Å². The third-order valence-corrected chi connectivity index (χ3v) is 12.9. The Bertz CT molecular complexity index is 1610. The summed E-state index contributed by atoms with van der Waals surface area (Å²) < 4.78 is 39.5. The molecular weight excluding hydrogens is 952 g/mol. The topological polar surface area (TPSA) is 155 Å². The Balaban J connectivity index is 4.77. The Morgan fingerprint density at radius 1 is 0.392 bits per heavy atom. The predicted octanol–water partition coefficient (Wildman–Crippen LogP) is 17.3. The van der Waals surface area contributed by atoms with Crippen molar-refractivity contribution in [2.24, 2.45) is 0 Å². The Morgan fingerprint density at radius 2 is 0.703 bits per heavy atom. The van der Waals surface area contributed by atoms with Gasteiger partial charge in [-0.15, -0.1) is 0 Å². The number of ether oxygens (including phenoxy) is 3. The second kappa shape index (κ2) is 55.6. The van der Waals surface area contributed by atoms with Crippen LogP contribution in [0.2, 0.25) is 0 Å². The summed E-state index contributed by atoms with van der Waals surface area (Å²) in [5.74, 6) is -1.55. The number of hydrogen-bond donors (Lipinski definition) is 2. The fourth-order valence-electron chi connectivity index (χ4n) is 7.59. The molecule has 12 heteroatoms. The molecule has 0 spiro atoms. The smallest absolute Gasteiger partial charge is 0.462 e. The molecule has 0 aliphatic rings. The van der Waals surface area contributed by atoms with Crippen LogP contribution in [0.1, 0.15) is 239 Å². The number of phosphoric acid groups is 1. The number of unbranched alkanes of at least 4 members (excludes halogenated alkanes) is 20. The Kier molecular flexibility index (Phi) is 52.9. The lowest BCUT2D eigenvalue weighted by Crippen LogP contribution is -2.30. The van der Waals surface area contributed by atoms with Crippen LogP contribution in [-0.4, -0.2) is 66.5 Å². The van der Waals surface area contributed by atoms with E-state index in [9.17, 15) is 28.9 Å². The number of carbonyl (C=O) groups is 3. The van der Waals surface area contributed by atoms with Crippen molar-refractivity contribution in [1.82, 2.24) is 0 Å². The molecule has 0 aromatic heterocycles. The van der Waals surface area contributed by atoms with Crippen molar-refractivity contribution in [3.63, 3.8) is 0 Å². The molecule has 0 radical (unpaired) electrons. The quantitative estimate of drug-likeness (QED) is 0.0197. The summed E-state index contributed by atoms with van der Waals surface area (Å²) in [7, 11) is -4.77. The van der Waals surface area contributed by atoms with Crippen LogP contribution in [0.15, 0.2) is 97.2 Å². The Hall–Kier alpha value is -3.60. The summed E-state index contributed by atoms with van der Waals surface area (Å²) in [6.07, 6.45) is 65.2. The largest absolute Gasteiger partial charge is 0.472 e. The van der Waals surface area contributed by atoms with Crippen molar-refractivity contribution in [2.75, 3.05) is 26.4 Å². The van der Waals surface area contributed by atoms with Crippen LogP contribution in [-0.2, 0) is 42.2 Å². The van der Waals surface area contributed by atoms with E-state index in [0.29, 0.717) is 19.3 Å². The van der Waals surface area contributed by atoms with E-state index >= 15 is 0 Å². The summed E-state index contributed by atoms with van der Waals surface area (Å²) >= 11 is 0. The number of rotatable bonds is 53. The number of aliphatic hydroxyl groups is 1. The number of hydrogen-bond acceptors (Lipinski definition) is 10. The Labute approximate surface area is 451 Å². The van der Waals surface area contributed by atoms with Gasteiger partial charge in [-0.2, -0.15) is 0 Å². The molecule has 0 saturated carbocycles. The lowest BCUT2D eigenvalue weighted by molar-refractivity contribution is -0.161. The number of aliphatic hydroxyl groups excluding tert-OH is 1. The highest BCUT2D eigenvalue weighted by Gasteiger charge is 2.28. The maximum absolute atomic E-state index is 12.9. The van der Waals surface area contributed by atoms with Crippen LogP contribution in [0.4, 0.5) is 0 Å². The molecule has 0 aromatic rings. The second-order valence-electron chi connectivity index (χ2n) is 19.0. The van der Waals surface area contributed by atoms with Crippen LogP contribution in [0, 0.1) is 0 Å². The third kappa shape index (κ3) is 53.2. The zero-order valence-electron chi connectivity index (χ0n) is 46.8. The van der Waals surface area contributed by atoms with Crippen LogP contribution in [0.5, 0.6) is 0 Å². The molecule has 0 heterocycles. The normalized spacial score (nSPS) is 14.1. The van der Waals surface area contributed by atoms with Gasteiger partial charge in [-0.25, -0.2) is 4.57 Å².